The standard InChI is InChI=1S/C17H21ClN4O3S/c1-3-22(4-2)16(23)9-25-14-6-5-11(7-12(14)18)20-17(24)13-10-26-15(8-19)21-13/h5-7,10H,3-4,8-9,19H2,1-2H3,(H,20,24). The molecular formula is C17H21ClN4O3S. The van der Waals surface area contributed by atoms with Crippen LogP contribution in [-0.2, 0) is 11.3 Å². The van der Waals surface area contributed by atoms with Crippen LogP contribution in [0.5, 0.6) is 5.75 Å². The number of nitrogens with two attached hydrogens (primary N) is 1. The minimum absolute atomic E-state index is 0.0895. The van der Waals surface area contributed by atoms with Gasteiger partial charge in [-0.15, -0.1) is 11.3 Å². The molecule has 0 aliphatic heterocycles. The average Bonchev–Trinajstić information content (AvgIpc) is 3.11. The summed E-state index contributed by atoms with van der Waals surface area (Å²) >= 11 is 7.52. The summed E-state index contributed by atoms with van der Waals surface area (Å²) in [5.41, 5.74) is 6.30. The van der Waals surface area contributed by atoms with Crippen LogP contribution in [0.3, 0.4) is 0 Å². The molecule has 0 bridgehead atoms. The number of likely N-dealkylation sites (N-methyl/N-ethyl adjacent to an activating group) is 1. The molecule has 2 rings (SSSR count). The van der Waals surface area contributed by atoms with Crippen LogP contribution >= 0.6 is 22.9 Å². The molecule has 0 atom stereocenters. The Hall–Kier alpha value is -2.16. The van der Waals surface area contributed by atoms with Gasteiger partial charge in [0.25, 0.3) is 11.8 Å². The fourth-order valence-corrected chi connectivity index (χ4v) is 3.10. The number of halogens is 1. The first kappa shape index (κ1) is 20.2. The number of carbonyl (C=O) groups is 2. The lowest BCUT2D eigenvalue weighted by Crippen LogP contribution is -2.34. The Morgan fingerprint density at radius 2 is 2.08 bits per heavy atom. The molecule has 0 fully saturated rings. The van der Waals surface area contributed by atoms with E-state index >= 15 is 0 Å². The smallest absolute Gasteiger partial charge is 0.275 e. The predicted molar refractivity (Wildman–Crippen MR) is 103 cm³/mol. The van der Waals surface area contributed by atoms with E-state index in [2.05, 4.69) is 10.3 Å². The fourth-order valence-electron chi connectivity index (χ4n) is 2.21. The second-order valence-electron chi connectivity index (χ2n) is 5.28. The van der Waals surface area contributed by atoms with Crippen molar-refractivity contribution in [2.75, 3.05) is 25.0 Å². The van der Waals surface area contributed by atoms with Crippen LogP contribution in [0, 0.1) is 0 Å². The summed E-state index contributed by atoms with van der Waals surface area (Å²) in [7, 11) is 0. The van der Waals surface area contributed by atoms with Crippen LogP contribution in [0.2, 0.25) is 5.02 Å². The molecule has 2 amide bonds. The quantitative estimate of drug-likeness (QED) is 0.715. The van der Waals surface area contributed by atoms with E-state index in [1.54, 1.807) is 28.5 Å². The highest BCUT2D eigenvalue weighted by molar-refractivity contribution is 7.09. The highest BCUT2D eigenvalue weighted by atomic mass is 35.5. The average molecular weight is 397 g/mol. The second kappa shape index (κ2) is 9.51. The molecule has 9 heteroatoms. The van der Waals surface area contributed by atoms with Crippen molar-refractivity contribution in [3.8, 4) is 5.75 Å². The van der Waals surface area contributed by atoms with Gasteiger partial charge in [-0.1, -0.05) is 11.6 Å². The van der Waals surface area contributed by atoms with Crippen LogP contribution in [0.15, 0.2) is 23.6 Å². The van der Waals surface area contributed by atoms with Crippen molar-refractivity contribution >= 4 is 40.4 Å². The zero-order valence-electron chi connectivity index (χ0n) is 14.6. The van der Waals surface area contributed by atoms with Gasteiger partial charge in [-0.2, -0.15) is 0 Å². The van der Waals surface area contributed by atoms with Gasteiger partial charge in [0.1, 0.15) is 16.5 Å². The number of hydrogen-bond donors (Lipinski definition) is 2. The third-order valence-electron chi connectivity index (χ3n) is 3.62. The summed E-state index contributed by atoms with van der Waals surface area (Å²) in [5.74, 6) is -0.0747. The Bertz CT molecular complexity index is 777. The molecule has 1 heterocycles. The van der Waals surface area contributed by atoms with Crippen LogP contribution in [0.1, 0.15) is 29.3 Å². The number of amides is 2. The molecule has 3 N–H and O–H groups in total. The molecular weight excluding hydrogens is 376 g/mol. The Kier molecular flexibility index (Phi) is 7.38. The number of thiazole rings is 1. The van der Waals surface area contributed by atoms with Crippen LogP contribution < -0.4 is 15.8 Å². The minimum atomic E-state index is -0.345. The van der Waals surface area contributed by atoms with Gasteiger partial charge in [0, 0.05) is 30.7 Å². The first-order valence-corrected chi connectivity index (χ1v) is 9.40. The topological polar surface area (TPSA) is 97.5 Å². The van der Waals surface area contributed by atoms with Gasteiger partial charge in [0.05, 0.1) is 5.02 Å². The van der Waals surface area contributed by atoms with Crippen molar-refractivity contribution in [2.24, 2.45) is 5.73 Å². The molecule has 26 heavy (non-hydrogen) atoms. The number of hydrogen-bond acceptors (Lipinski definition) is 6. The molecule has 0 saturated heterocycles. The van der Waals surface area contributed by atoms with Gasteiger partial charge in [-0.05, 0) is 32.0 Å². The van der Waals surface area contributed by atoms with Crippen molar-refractivity contribution in [1.29, 1.82) is 0 Å². The number of benzene rings is 1. The Morgan fingerprint density at radius 1 is 1.35 bits per heavy atom. The zero-order chi connectivity index (χ0) is 19.1. The molecule has 1 aromatic carbocycles. The SMILES string of the molecule is CCN(CC)C(=O)COc1ccc(NC(=O)c2csc(CN)n2)cc1Cl. The summed E-state index contributed by atoms with van der Waals surface area (Å²) in [6.45, 7) is 5.27. The first-order valence-electron chi connectivity index (χ1n) is 8.14. The lowest BCUT2D eigenvalue weighted by molar-refractivity contribution is -0.132. The van der Waals surface area contributed by atoms with E-state index in [4.69, 9.17) is 22.1 Å². The van der Waals surface area contributed by atoms with Gasteiger partial charge < -0.3 is 20.7 Å². The first-order chi connectivity index (χ1) is 12.5. The maximum Gasteiger partial charge on any atom is 0.275 e. The van der Waals surface area contributed by atoms with E-state index in [0.29, 0.717) is 46.8 Å². The summed E-state index contributed by atoms with van der Waals surface area (Å²) in [6, 6.07) is 4.82. The van der Waals surface area contributed by atoms with Gasteiger partial charge in [0.15, 0.2) is 6.61 Å². The predicted octanol–water partition coefficient (Wildman–Crippen LogP) is 2.75. The normalized spacial score (nSPS) is 10.5. The van der Waals surface area contributed by atoms with Crippen LogP contribution in [0.4, 0.5) is 5.69 Å². The Balaban J connectivity index is 1.98. The fraction of sp³-hybridized carbons (Fsp3) is 0.353. The molecule has 2 aromatic rings. The molecule has 1 aromatic heterocycles. The third kappa shape index (κ3) is 5.17. The Morgan fingerprint density at radius 3 is 2.65 bits per heavy atom. The van der Waals surface area contributed by atoms with E-state index < -0.39 is 0 Å². The zero-order valence-corrected chi connectivity index (χ0v) is 16.2. The number of carbonyl (C=O) groups excluding carboxylic acids is 2. The van der Waals surface area contributed by atoms with E-state index in [9.17, 15) is 9.59 Å². The lowest BCUT2D eigenvalue weighted by Gasteiger charge is -2.19. The number of nitrogens with zero attached hydrogens (tertiary/aromatic N) is 2. The third-order valence-corrected chi connectivity index (χ3v) is 4.78. The molecule has 0 aliphatic rings. The number of aromatic nitrogens is 1. The summed E-state index contributed by atoms with van der Waals surface area (Å²) < 4.78 is 5.49. The van der Waals surface area contributed by atoms with E-state index in [-0.39, 0.29) is 18.4 Å². The van der Waals surface area contributed by atoms with Crippen molar-refractivity contribution in [1.82, 2.24) is 9.88 Å². The molecule has 0 spiro atoms. The van der Waals surface area contributed by atoms with Gasteiger partial charge in [0.2, 0.25) is 0 Å². The van der Waals surface area contributed by atoms with Gasteiger partial charge >= 0.3 is 0 Å². The highest BCUT2D eigenvalue weighted by Gasteiger charge is 2.14. The summed E-state index contributed by atoms with van der Waals surface area (Å²) in [5, 5.41) is 5.35. The Labute approximate surface area is 161 Å². The molecule has 0 unspecified atom stereocenters. The van der Waals surface area contributed by atoms with Gasteiger partial charge in [-0.25, -0.2) is 4.98 Å². The monoisotopic (exact) mass is 396 g/mol. The van der Waals surface area contributed by atoms with Crippen molar-refractivity contribution in [3.05, 3.63) is 39.3 Å². The minimum Gasteiger partial charge on any atom is -0.482 e. The van der Waals surface area contributed by atoms with E-state index in [1.807, 2.05) is 13.8 Å². The molecule has 140 valence electrons. The van der Waals surface area contributed by atoms with Crippen LogP contribution in [-0.4, -0.2) is 41.4 Å². The van der Waals surface area contributed by atoms with Crippen molar-refractivity contribution in [2.45, 2.75) is 20.4 Å². The van der Waals surface area contributed by atoms with Crippen LogP contribution in [0.25, 0.3) is 0 Å². The second-order valence-corrected chi connectivity index (χ2v) is 6.63. The maximum atomic E-state index is 12.2. The molecule has 0 saturated carbocycles. The largest absolute Gasteiger partial charge is 0.482 e. The maximum absolute atomic E-state index is 12.2. The lowest BCUT2D eigenvalue weighted by atomic mass is 10.3. The number of rotatable bonds is 8. The number of ether oxygens (including phenoxy) is 1. The molecule has 0 aliphatic carbocycles. The van der Waals surface area contributed by atoms with E-state index in [0.717, 1.165) is 0 Å². The molecule has 7 nitrogen and oxygen atoms in total. The van der Waals surface area contributed by atoms with Crippen molar-refractivity contribution in [3.63, 3.8) is 0 Å². The van der Waals surface area contributed by atoms with Crippen molar-refractivity contribution < 1.29 is 14.3 Å². The number of nitrogens with one attached hydrogen (secondary N) is 1. The molecule has 0 radical (unpaired) electrons. The highest BCUT2D eigenvalue weighted by Crippen LogP contribution is 2.28. The van der Waals surface area contributed by atoms with E-state index in [1.165, 1.54) is 11.3 Å². The summed E-state index contributed by atoms with van der Waals surface area (Å²) in [4.78, 5) is 29.9. The summed E-state index contributed by atoms with van der Waals surface area (Å²) in [6.07, 6.45) is 0. The number of anilines is 1. The van der Waals surface area contributed by atoms with Gasteiger partial charge in [-0.3, -0.25) is 9.59 Å².